The summed E-state index contributed by atoms with van der Waals surface area (Å²) in [6.45, 7) is 3.30. The zero-order valence-corrected chi connectivity index (χ0v) is 11.9. The summed E-state index contributed by atoms with van der Waals surface area (Å²) in [6.07, 6.45) is 9.86. The van der Waals surface area contributed by atoms with Gasteiger partial charge in [0.05, 0.1) is 0 Å². The molecule has 104 valence electrons. The monoisotopic (exact) mass is 258 g/mol. The first-order valence-electron chi connectivity index (χ1n) is 7.99. The summed E-state index contributed by atoms with van der Waals surface area (Å²) in [4.78, 5) is 0. The summed E-state index contributed by atoms with van der Waals surface area (Å²) in [7, 11) is 0. The molecule has 1 fully saturated rings. The van der Waals surface area contributed by atoms with Crippen molar-refractivity contribution in [1.82, 2.24) is 5.32 Å². The minimum atomic E-state index is 0.987. The van der Waals surface area contributed by atoms with Crippen LogP contribution in [0.4, 0.5) is 5.69 Å². The second-order valence-electron chi connectivity index (χ2n) is 6.10. The van der Waals surface area contributed by atoms with Gasteiger partial charge in [0.25, 0.3) is 0 Å². The average Bonchev–Trinajstić information content (AvgIpc) is 2.94. The molecule has 1 heterocycles. The number of hydrogen-bond acceptors (Lipinski definition) is 2. The molecular weight excluding hydrogens is 232 g/mol. The van der Waals surface area contributed by atoms with Crippen LogP contribution in [0.15, 0.2) is 18.2 Å². The van der Waals surface area contributed by atoms with E-state index in [0.29, 0.717) is 0 Å². The molecule has 2 N–H and O–H groups in total. The van der Waals surface area contributed by atoms with Crippen molar-refractivity contribution in [2.75, 3.05) is 18.4 Å². The molecular formula is C17H26N2. The van der Waals surface area contributed by atoms with Crippen molar-refractivity contribution in [3.63, 3.8) is 0 Å². The fourth-order valence-electron chi connectivity index (χ4n) is 3.56. The summed E-state index contributed by atoms with van der Waals surface area (Å²) in [6, 6.07) is 6.70. The molecule has 0 unspecified atom stereocenters. The molecule has 1 aliphatic carbocycles. The fourth-order valence-corrected chi connectivity index (χ4v) is 3.56. The highest BCUT2D eigenvalue weighted by atomic mass is 14.9. The molecule has 0 aromatic heterocycles. The van der Waals surface area contributed by atoms with Crippen LogP contribution in [0.1, 0.15) is 49.7 Å². The third-order valence-corrected chi connectivity index (χ3v) is 4.70. The minimum absolute atomic E-state index is 0.987. The van der Waals surface area contributed by atoms with Gasteiger partial charge >= 0.3 is 0 Å². The van der Waals surface area contributed by atoms with E-state index in [1.165, 1.54) is 68.3 Å². The lowest BCUT2D eigenvalue weighted by Crippen LogP contribution is -2.19. The zero-order valence-electron chi connectivity index (χ0n) is 11.9. The number of fused-ring (bicyclic) bond motifs is 1. The number of nitrogens with one attached hydrogen (secondary N) is 2. The highest BCUT2D eigenvalue weighted by molar-refractivity contribution is 5.61. The first-order chi connectivity index (χ1) is 9.43. The maximum Gasteiger partial charge on any atom is 0.0419 e. The molecule has 0 bridgehead atoms. The van der Waals surface area contributed by atoms with Gasteiger partial charge in [0, 0.05) is 18.8 Å². The highest BCUT2D eigenvalue weighted by Gasteiger charge is 2.14. The van der Waals surface area contributed by atoms with Crippen molar-refractivity contribution in [3.8, 4) is 0 Å². The van der Waals surface area contributed by atoms with Gasteiger partial charge < -0.3 is 10.6 Å². The third kappa shape index (κ3) is 3.30. The Morgan fingerprint density at radius 3 is 2.95 bits per heavy atom. The van der Waals surface area contributed by atoms with Crippen molar-refractivity contribution in [2.45, 2.75) is 51.5 Å². The van der Waals surface area contributed by atoms with E-state index < -0.39 is 0 Å². The largest absolute Gasteiger partial charge is 0.384 e. The number of anilines is 1. The Balaban J connectivity index is 1.44. The highest BCUT2D eigenvalue weighted by Crippen LogP contribution is 2.27. The van der Waals surface area contributed by atoms with Crippen LogP contribution in [0.5, 0.6) is 0 Å². The van der Waals surface area contributed by atoms with Gasteiger partial charge in [-0.2, -0.15) is 0 Å². The molecule has 1 aliphatic heterocycles. The summed E-state index contributed by atoms with van der Waals surface area (Å²) in [5.74, 6) is 0.987. The zero-order chi connectivity index (χ0) is 12.9. The Labute approximate surface area is 117 Å². The predicted octanol–water partition coefficient (Wildman–Crippen LogP) is 3.71. The molecule has 1 aromatic rings. The molecule has 0 radical (unpaired) electrons. The Kier molecular flexibility index (Phi) is 4.39. The normalized spacial score (nSPS) is 19.2. The lowest BCUT2D eigenvalue weighted by Gasteiger charge is -2.21. The second kappa shape index (κ2) is 6.42. The van der Waals surface area contributed by atoms with Gasteiger partial charge in [-0.1, -0.05) is 50.3 Å². The summed E-state index contributed by atoms with van der Waals surface area (Å²) >= 11 is 0. The van der Waals surface area contributed by atoms with Crippen molar-refractivity contribution < 1.29 is 0 Å². The number of hydrogen-bond donors (Lipinski definition) is 2. The molecule has 2 aliphatic rings. The standard InChI is InChI=1S/C17H26N2/c1-2-5-14(6-3-1)9-11-18-13-16-8-4-7-15-10-12-19-17(15)16/h4,7-8,14,18-19H,1-3,5-6,9-13H2. The van der Waals surface area contributed by atoms with E-state index in [0.717, 1.165) is 19.0 Å². The topological polar surface area (TPSA) is 24.1 Å². The summed E-state index contributed by atoms with van der Waals surface area (Å²) in [5.41, 5.74) is 4.33. The Hall–Kier alpha value is -1.02. The molecule has 0 atom stereocenters. The van der Waals surface area contributed by atoms with Gasteiger partial charge in [-0.3, -0.25) is 0 Å². The Morgan fingerprint density at radius 1 is 1.16 bits per heavy atom. The fraction of sp³-hybridized carbons (Fsp3) is 0.647. The average molecular weight is 258 g/mol. The van der Waals surface area contributed by atoms with Crippen LogP contribution >= 0.6 is 0 Å². The quantitative estimate of drug-likeness (QED) is 0.787. The lowest BCUT2D eigenvalue weighted by atomic mass is 9.87. The van der Waals surface area contributed by atoms with E-state index in [1.54, 1.807) is 0 Å². The van der Waals surface area contributed by atoms with Crippen LogP contribution in [0.25, 0.3) is 0 Å². The minimum Gasteiger partial charge on any atom is -0.384 e. The van der Waals surface area contributed by atoms with E-state index in [-0.39, 0.29) is 0 Å². The van der Waals surface area contributed by atoms with Gasteiger partial charge in [0.1, 0.15) is 0 Å². The maximum atomic E-state index is 3.64. The molecule has 19 heavy (non-hydrogen) atoms. The summed E-state index contributed by atoms with van der Waals surface area (Å²) < 4.78 is 0. The molecule has 2 nitrogen and oxygen atoms in total. The number of rotatable bonds is 5. The van der Waals surface area contributed by atoms with Crippen LogP contribution in [-0.2, 0) is 13.0 Å². The van der Waals surface area contributed by atoms with E-state index in [4.69, 9.17) is 0 Å². The Morgan fingerprint density at radius 2 is 2.05 bits per heavy atom. The van der Waals surface area contributed by atoms with Crippen molar-refractivity contribution >= 4 is 5.69 Å². The van der Waals surface area contributed by atoms with E-state index in [9.17, 15) is 0 Å². The van der Waals surface area contributed by atoms with E-state index in [1.807, 2.05) is 0 Å². The van der Waals surface area contributed by atoms with Crippen LogP contribution in [0, 0.1) is 5.92 Å². The molecule has 1 saturated carbocycles. The van der Waals surface area contributed by atoms with Gasteiger partial charge in [0.2, 0.25) is 0 Å². The van der Waals surface area contributed by atoms with Crippen molar-refractivity contribution in [3.05, 3.63) is 29.3 Å². The van der Waals surface area contributed by atoms with Crippen LogP contribution in [0.2, 0.25) is 0 Å². The van der Waals surface area contributed by atoms with Crippen molar-refractivity contribution in [1.29, 1.82) is 0 Å². The maximum absolute atomic E-state index is 3.64. The molecule has 3 rings (SSSR count). The van der Waals surface area contributed by atoms with E-state index >= 15 is 0 Å². The molecule has 2 heteroatoms. The molecule has 0 saturated heterocycles. The summed E-state index contributed by atoms with van der Waals surface area (Å²) in [5, 5.41) is 7.16. The van der Waals surface area contributed by atoms with E-state index in [2.05, 4.69) is 28.8 Å². The van der Waals surface area contributed by atoms with Crippen molar-refractivity contribution in [2.24, 2.45) is 5.92 Å². The third-order valence-electron chi connectivity index (χ3n) is 4.70. The number of benzene rings is 1. The number of para-hydroxylation sites is 1. The molecule has 0 spiro atoms. The van der Waals surface area contributed by atoms with Crippen LogP contribution in [-0.4, -0.2) is 13.1 Å². The molecule has 1 aromatic carbocycles. The molecule has 0 amide bonds. The Bertz CT molecular complexity index is 408. The van der Waals surface area contributed by atoms with Gasteiger partial charge in [-0.25, -0.2) is 0 Å². The van der Waals surface area contributed by atoms with Crippen LogP contribution < -0.4 is 10.6 Å². The SMILES string of the molecule is c1cc2c(c(CNCCC3CCCCC3)c1)NCC2. The lowest BCUT2D eigenvalue weighted by molar-refractivity contribution is 0.334. The van der Waals surface area contributed by atoms with Crippen LogP contribution in [0.3, 0.4) is 0 Å². The van der Waals surface area contributed by atoms with Gasteiger partial charge in [0.15, 0.2) is 0 Å². The second-order valence-corrected chi connectivity index (χ2v) is 6.10. The van der Waals surface area contributed by atoms with Gasteiger partial charge in [-0.05, 0) is 36.4 Å². The predicted molar refractivity (Wildman–Crippen MR) is 81.5 cm³/mol. The van der Waals surface area contributed by atoms with Gasteiger partial charge in [-0.15, -0.1) is 0 Å². The smallest absolute Gasteiger partial charge is 0.0419 e. The first-order valence-corrected chi connectivity index (χ1v) is 7.99. The first kappa shape index (κ1) is 13.0.